The number of sulfonamides is 1. The van der Waals surface area contributed by atoms with Crippen LogP contribution >= 0.6 is 11.6 Å². The maximum absolute atomic E-state index is 12.7. The molecule has 1 atom stereocenters. The van der Waals surface area contributed by atoms with Gasteiger partial charge in [0.05, 0.1) is 28.7 Å². The van der Waals surface area contributed by atoms with Gasteiger partial charge in [-0.3, -0.25) is 0 Å². The van der Waals surface area contributed by atoms with Gasteiger partial charge < -0.3 is 13.9 Å². The van der Waals surface area contributed by atoms with E-state index in [9.17, 15) is 8.42 Å². The number of halogens is 1. The third kappa shape index (κ3) is 4.49. The number of hydrogen-bond donors (Lipinski definition) is 1. The van der Waals surface area contributed by atoms with Crippen LogP contribution in [0.3, 0.4) is 0 Å². The minimum absolute atomic E-state index is 0.0593. The summed E-state index contributed by atoms with van der Waals surface area (Å²) in [5.41, 5.74) is 1.04. The zero-order valence-corrected chi connectivity index (χ0v) is 17.7. The lowest BCUT2D eigenvalue weighted by atomic mass is 10.2. The van der Waals surface area contributed by atoms with Gasteiger partial charge in [-0.2, -0.15) is 0 Å². The minimum Gasteiger partial charge on any atom is -0.497 e. The van der Waals surface area contributed by atoms with E-state index >= 15 is 0 Å². The summed E-state index contributed by atoms with van der Waals surface area (Å²) in [7, 11) is -2.16. The van der Waals surface area contributed by atoms with Crippen molar-refractivity contribution in [2.75, 3.05) is 20.3 Å². The highest BCUT2D eigenvalue weighted by atomic mass is 35.5. The molecule has 1 saturated heterocycles. The first-order valence-corrected chi connectivity index (χ1v) is 11.2. The quantitative estimate of drug-likeness (QED) is 0.588. The molecule has 4 rings (SSSR count). The summed E-state index contributed by atoms with van der Waals surface area (Å²) >= 11 is 6.28. The first-order valence-electron chi connectivity index (χ1n) is 9.35. The summed E-state index contributed by atoms with van der Waals surface area (Å²) in [5, 5.41) is 8.38. The van der Waals surface area contributed by atoms with E-state index in [1.807, 2.05) is 0 Å². The van der Waals surface area contributed by atoms with Crippen molar-refractivity contribution in [3.8, 4) is 28.7 Å². The van der Waals surface area contributed by atoms with Gasteiger partial charge in [0.2, 0.25) is 21.8 Å². The molecule has 1 aromatic heterocycles. The van der Waals surface area contributed by atoms with Crippen LogP contribution in [0.4, 0.5) is 0 Å². The van der Waals surface area contributed by atoms with Gasteiger partial charge in [-0.1, -0.05) is 11.6 Å². The fourth-order valence-electron chi connectivity index (χ4n) is 3.11. The molecule has 1 aliphatic heterocycles. The van der Waals surface area contributed by atoms with Crippen LogP contribution in [0.15, 0.2) is 51.8 Å². The third-order valence-corrected chi connectivity index (χ3v) is 6.52. The zero-order chi connectivity index (χ0) is 21.1. The van der Waals surface area contributed by atoms with Crippen LogP contribution in [0.2, 0.25) is 5.02 Å². The summed E-state index contributed by atoms with van der Waals surface area (Å²) in [5.74, 6) is 1.12. The topological polar surface area (TPSA) is 104 Å². The smallest absolute Gasteiger partial charge is 0.249 e. The Morgan fingerprint density at radius 2 is 1.93 bits per heavy atom. The molecule has 0 saturated carbocycles. The van der Waals surface area contributed by atoms with Crippen molar-refractivity contribution < 1.29 is 22.3 Å². The molecule has 158 valence electrons. The maximum atomic E-state index is 12.7. The van der Waals surface area contributed by atoms with E-state index in [-0.39, 0.29) is 29.3 Å². The van der Waals surface area contributed by atoms with E-state index in [1.165, 1.54) is 18.2 Å². The number of nitrogens with zero attached hydrogens (tertiary/aromatic N) is 2. The summed E-state index contributed by atoms with van der Waals surface area (Å²) in [4.78, 5) is 0.0593. The molecular weight excluding hydrogens is 430 g/mol. The number of nitrogens with one attached hydrogen (secondary N) is 1. The molecule has 2 aromatic carbocycles. The lowest BCUT2D eigenvalue weighted by Gasteiger charge is -2.12. The van der Waals surface area contributed by atoms with E-state index in [0.29, 0.717) is 28.5 Å². The lowest BCUT2D eigenvalue weighted by molar-refractivity contribution is 0.114. The Kier molecular flexibility index (Phi) is 6.05. The molecule has 30 heavy (non-hydrogen) atoms. The zero-order valence-electron chi connectivity index (χ0n) is 16.2. The average Bonchev–Trinajstić information content (AvgIpc) is 3.45. The monoisotopic (exact) mass is 449 g/mol. The highest BCUT2D eigenvalue weighted by Crippen LogP contribution is 2.31. The first kappa shape index (κ1) is 20.8. The Labute approximate surface area is 179 Å². The molecule has 1 aliphatic rings. The van der Waals surface area contributed by atoms with Crippen LogP contribution < -0.4 is 9.46 Å². The molecule has 1 N–H and O–H groups in total. The number of aromatic nitrogens is 2. The van der Waals surface area contributed by atoms with Crippen LogP contribution in [0.1, 0.15) is 12.8 Å². The molecule has 3 aromatic rings. The van der Waals surface area contributed by atoms with Gasteiger partial charge in [-0.25, -0.2) is 13.1 Å². The largest absolute Gasteiger partial charge is 0.497 e. The molecule has 2 heterocycles. The van der Waals surface area contributed by atoms with Crippen molar-refractivity contribution in [2.45, 2.75) is 23.8 Å². The summed E-state index contributed by atoms with van der Waals surface area (Å²) in [6.07, 6.45) is 1.67. The third-order valence-electron chi connectivity index (χ3n) is 4.77. The van der Waals surface area contributed by atoms with E-state index in [4.69, 9.17) is 25.5 Å². The van der Waals surface area contributed by atoms with Crippen LogP contribution in [-0.2, 0) is 14.8 Å². The number of methoxy groups -OCH3 is 1. The van der Waals surface area contributed by atoms with Gasteiger partial charge in [-0.15, -0.1) is 10.2 Å². The van der Waals surface area contributed by atoms with Gasteiger partial charge >= 0.3 is 0 Å². The molecule has 1 fully saturated rings. The molecule has 0 bridgehead atoms. The first-order chi connectivity index (χ1) is 14.5. The van der Waals surface area contributed by atoms with Crippen molar-refractivity contribution >= 4 is 21.6 Å². The molecule has 0 unspecified atom stereocenters. The fourth-order valence-corrected chi connectivity index (χ4v) is 4.40. The summed E-state index contributed by atoms with van der Waals surface area (Å²) < 4.78 is 44.3. The van der Waals surface area contributed by atoms with E-state index < -0.39 is 10.0 Å². The molecule has 8 nitrogen and oxygen atoms in total. The van der Waals surface area contributed by atoms with Gasteiger partial charge in [-0.05, 0) is 55.3 Å². The standard InChI is InChI=1S/C20H20ClN3O5S/c1-27-14-6-4-13(5-7-14)19-23-24-20(29-19)17-11-16(8-9-18(17)21)30(25,26)22-12-15-3-2-10-28-15/h4-9,11,15,22H,2-3,10,12H2,1H3/t15-/m1/s1. The van der Waals surface area contributed by atoms with Gasteiger partial charge in [0.15, 0.2) is 0 Å². The summed E-state index contributed by atoms with van der Waals surface area (Å²) in [6.45, 7) is 0.883. The van der Waals surface area contributed by atoms with Gasteiger partial charge in [0.1, 0.15) is 5.75 Å². The number of ether oxygens (including phenoxy) is 2. The highest BCUT2D eigenvalue weighted by Gasteiger charge is 2.22. The summed E-state index contributed by atoms with van der Waals surface area (Å²) in [6, 6.07) is 11.5. The Morgan fingerprint density at radius 1 is 1.17 bits per heavy atom. The van der Waals surface area contributed by atoms with Gasteiger partial charge in [0.25, 0.3) is 0 Å². The predicted octanol–water partition coefficient (Wildman–Crippen LogP) is 3.52. The molecular formula is C20H20ClN3O5S. The Balaban J connectivity index is 1.58. The molecule has 0 amide bonds. The van der Waals surface area contributed by atoms with Crippen LogP contribution in [0, 0.1) is 0 Å². The molecule has 0 radical (unpaired) electrons. The fraction of sp³-hybridized carbons (Fsp3) is 0.300. The highest BCUT2D eigenvalue weighted by molar-refractivity contribution is 7.89. The second-order valence-electron chi connectivity index (χ2n) is 6.77. The van der Waals surface area contributed by atoms with E-state index in [1.54, 1.807) is 31.4 Å². The molecule has 0 aliphatic carbocycles. The van der Waals surface area contributed by atoms with Crippen molar-refractivity contribution in [3.05, 3.63) is 47.5 Å². The second kappa shape index (κ2) is 8.73. The molecule has 0 spiro atoms. The van der Waals surface area contributed by atoms with Crippen molar-refractivity contribution in [1.29, 1.82) is 0 Å². The minimum atomic E-state index is -3.74. The average molecular weight is 450 g/mol. The Morgan fingerprint density at radius 3 is 2.63 bits per heavy atom. The Bertz CT molecular complexity index is 1130. The number of rotatable bonds is 7. The van der Waals surface area contributed by atoms with Crippen molar-refractivity contribution in [3.63, 3.8) is 0 Å². The second-order valence-corrected chi connectivity index (χ2v) is 8.94. The predicted molar refractivity (Wildman–Crippen MR) is 111 cm³/mol. The van der Waals surface area contributed by atoms with E-state index in [0.717, 1.165) is 12.8 Å². The van der Waals surface area contributed by atoms with Crippen LogP contribution in [0.25, 0.3) is 22.9 Å². The maximum Gasteiger partial charge on any atom is 0.249 e. The Hall–Kier alpha value is -2.46. The van der Waals surface area contributed by atoms with Gasteiger partial charge in [0, 0.05) is 18.7 Å². The SMILES string of the molecule is COc1ccc(-c2nnc(-c3cc(S(=O)(=O)NC[C@H]4CCCO4)ccc3Cl)o2)cc1. The van der Waals surface area contributed by atoms with Crippen molar-refractivity contribution in [1.82, 2.24) is 14.9 Å². The normalized spacial score (nSPS) is 16.7. The number of benzene rings is 2. The lowest BCUT2D eigenvalue weighted by Crippen LogP contribution is -2.31. The van der Waals surface area contributed by atoms with Crippen LogP contribution in [0.5, 0.6) is 5.75 Å². The van der Waals surface area contributed by atoms with E-state index in [2.05, 4.69) is 14.9 Å². The number of hydrogen-bond acceptors (Lipinski definition) is 7. The van der Waals surface area contributed by atoms with Crippen molar-refractivity contribution in [2.24, 2.45) is 0 Å². The van der Waals surface area contributed by atoms with Crippen LogP contribution in [-0.4, -0.2) is 45.0 Å². The molecule has 10 heteroatoms.